The van der Waals surface area contributed by atoms with Crippen molar-refractivity contribution in [2.24, 2.45) is 0 Å². The first kappa shape index (κ1) is 16.8. The van der Waals surface area contributed by atoms with E-state index in [0.717, 1.165) is 38.7 Å². The van der Waals surface area contributed by atoms with E-state index < -0.39 is 0 Å². The van der Waals surface area contributed by atoms with Crippen molar-refractivity contribution in [2.45, 2.75) is 51.3 Å². The van der Waals surface area contributed by atoms with Crippen LogP contribution in [0.4, 0.5) is 11.8 Å². The summed E-state index contributed by atoms with van der Waals surface area (Å²) in [5, 5.41) is 15.9. The summed E-state index contributed by atoms with van der Waals surface area (Å²) in [4.78, 5) is 8.69. The van der Waals surface area contributed by atoms with Gasteiger partial charge in [-0.1, -0.05) is 19.8 Å². The molecule has 2 rings (SSSR count). The second-order valence-electron chi connectivity index (χ2n) is 5.42. The lowest BCUT2D eigenvalue weighted by Crippen LogP contribution is -2.25. The molecule has 0 aliphatic carbocycles. The first-order valence-corrected chi connectivity index (χ1v) is 7.93. The van der Waals surface area contributed by atoms with Crippen molar-refractivity contribution >= 4 is 11.8 Å². The van der Waals surface area contributed by atoms with Crippen LogP contribution in [0, 0.1) is 0 Å². The Balaban J connectivity index is 2.05. The maximum Gasteiger partial charge on any atom is 0.226 e. The molecule has 0 aromatic carbocycles. The van der Waals surface area contributed by atoms with Gasteiger partial charge < -0.3 is 25.2 Å². The number of nitrogens with one attached hydrogen (secondary N) is 2. The number of aliphatic hydroxyl groups excluding tert-OH is 1. The molecule has 1 saturated heterocycles. The fraction of sp³-hybridized carbons (Fsp3) is 0.733. The Morgan fingerprint density at radius 2 is 2.41 bits per heavy atom. The molecule has 0 amide bonds. The first-order valence-electron chi connectivity index (χ1n) is 7.93. The van der Waals surface area contributed by atoms with Crippen LogP contribution in [0.5, 0.6) is 5.75 Å². The molecule has 7 nitrogen and oxygen atoms in total. The quantitative estimate of drug-likeness (QED) is 0.643. The predicted molar refractivity (Wildman–Crippen MR) is 85.2 cm³/mol. The number of anilines is 2. The summed E-state index contributed by atoms with van der Waals surface area (Å²) < 4.78 is 10.8. The molecule has 3 N–H and O–H groups in total. The zero-order valence-electron chi connectivity index (χ0n) is 13.3. The summed E-state index contributed by atoms with van der Waals surface area (Å²) >= 11 is 0. The van der Waals surface area contributed by atoms with Crippen LogP contribution in [0.3, 0.4) is 0 Å². The lowest BCUT2D eigenvalue weighted by atomic mass is 10.1. The van der Waals surface area contributed by atoms with Gasteiger partial charge in [0.15, 0.2) is 11.6 Å². The third-order valence-corrected chi connectivity index (χ3v) is 3.66. The van der Waals surface area contributed by atoms with Crippen LogP contribution in [0.1, 0.15) is 39.0 Å². The summed E-state index contributed by atoms with van der Waals surface area (Å²) in [7, 11) is 1.58. The number of hydrogen-bond acceptors (Lipinski definition) is 7. The molecule has 7 heteroatoms. The van der Waals surface area contributed by atoms with Gasteiger partial charge in [-0.25, -0.2) is 4.98 Å². The van der Waals surface area contributed by atoms with E-state index in [4.69, 9.17) is 9.47 Å². The number of methoxy groups -OCH3 is 1. The topological polar surface area (TPSA) is 88.5 Å². The zero-order valence-corrected chi connectivity index (χ0v) is 13.3. The van der Waals surface area contributed by atoms with E-state index in [-0.39, 0.29) is 18.9 Å². The average molecular weight is 310 g/mol. The molecule has 1 aliphatic rings. The van der Waals surface area contributed by atoms with Gasteiger partial charge in [-0.2, -0.15) is 4.98 Å². The molecule has 22 heavy (non-hydrogen) atoms. The van der Waals surface area contributed by atoms with E-state index in [0.29, 0.717) is 17.5 Å². The summed E-state index contributed by atoms with van der Waals surface area (Å²) in [5.41, 5.74) is 0. The highest BCUT2D eigenvalue weighted by atomic mass is 16.5. The van der Waals surface area contributed by atoms with Crippen molar-refractivity contribution in [2.75, 3.05) is 31.0 Å². The van der Waals surface area contributed by atoms with Crippen molar-refractivity contribution in [3.05, 3.63) is 6.20 Å². The molecule has 2 atom stereocenters. The number of unbranched alkanes of at least 4 members (excludes halogenated alkanes) is 1. The van der Waals surface area contributed by atoms with Crippen LogP contribution in [0.15, 0.2) is 6.20 Å². The molecular weight excluding hydrogens is 284 g/mol. The maximum absolute atomic E-state index is 9.49. The fourth-order valence-electron chi connectivity index (χ4n) is 2.38. The molecule has 1 unspecified atom stereocenters. The van der Waals surface area contributed by atoms with Gasteiger partial charge in [0.25, 0.3) is 0 Å². The Kier molecular flexibility index (Phi) is 6.67. The van der Waals surface area contributed by atoms with E-state index in [9.17, 15) is 5.11 Å². The van der Waals surface area contributed by atoms with Crippen LogP contribution >= 0.6 is 0 Å². The van der Waals surface area contributed by atoms with Crippen LogP contribution in [-0.2, 0) is 4.74 Å². The number of hydrogen-bond donors (Lipinski definition) is 3. The monoisotopic (exact) mass is 310 g/mol. The Morgan fingerprint density at radius 3 is 3.05 bits per heavy atom. The van der Waals surface area contributed by atoms with Crippen molar-refractivity contribution in [3.63, 3.8) is 0 Å². The molecule has 0 radical (unpaired) electrons. The number of aliphatic hydroxyl groups is 1. The normalized spacial score (nSPS) is 19.0. The van der Waals surface area contributed by atoms with Crippen LogP contribution in [0.25, 0.3) is 0 Å². The summed E-state index contributed by atoms with van der Waals surface area (Å²) in [6.07, 6.45) is 6.61. The molecule has 124 valence electrons. The Bertz CT molecular complexity index is 452. The fourth-order valence-corrected chi connectivity index (χ4v) is 2.38. The van der Waals surface area contributed by atoms with Crippen LogP contribution in [0.2, 0.25) is 0 Å². The van der Waals surface area contributed by atoms with E-state index in [2.05, 4.69) is 27.5 Å². The van der Waals surface area contributed by atoms with E-state index >= 15 is 0 Å². The minimum Gasteiger partial charge on any atom is -0.491 e. The third kappa shape index (κ3) is 4.71. The number of nitrogens with zero attached hydrogens (tertiary/aromatic N) is 2. The molecule has 1 fully saturated rings. The minimum atomic E-state index is -0.0423. The van der Waals surface area contributed by atoms with Crippen molar-refractivity contribution in [1.82, 2.24) is 9.97 Å². The minimum absolute atomic E-state index is 0.0324. The summed E-state index contributed by atoms with van der Waals surface area (Å²) in [6, 6.07) is -0.0423. The highest BCUT2D eigenvalue weighted by Gasteiger charge is 2.18. The molecule has 2 heterocycles. The second kappa shape index (κ2) is 8.75. The van der Waals surface area contributed by atoms with Gasteiger partial charge >= 0.3 is 0 Å². The van der Waals surface area contributed by atoms with Crippen molar-refractivity contribution in [1.29, 1.82) is 0 Å². The Morgan fingerprint density at radius 1 is 1.55 bits per heavy atom. The van der Waals surface area contributed by atoms with Crippen molar-refractivity contribution < 1.29 is 14.6 Å². The van der Waals surface area contributed by atoms with E-state index in [1.54, 1.807) is 13.3 Å². The van der Waals surface area contributed by atoms with E-state index in [1.165, 1.54) is 0 Å². The van der Waals surface area contributed by atoms with E-state index in [1.807, 2.05) is 0 Å². The molecular formula is C15H26N4O3. The Hall–Kier alpha value is -1.60. The number of rotatable bonds is 9. The van der Waals surface area contributed by atoms with Gasteiger partial charge in [-0.15, -0.1) is 0 Å². The van der Waals surface area contributed by atoms with Crippen LogP contribution < -0.4 is 15.4 Å². The predicted octanol–water partition coefficient (Wildman–Crippen LogP) is 2.00. The molecule has 1 aromatic heterocycles. The number of aromatic nitrogens is 2. The second-order valence-corrected chi connectivity index (χ2v) is 5.42. The average Bonchev–Trinajstić information content (AvgIpc) is 3.04. The van der Waals surface area contributed by atoms with Gasteiger partial charge in [-0.3, -0.25) is 0 Å². The summed E-state index contributed by atoms with van der Waals surface area (Å²) in [6.45, 7) is 2.95. The Labute approximate surface area is 131 Å². The summed E-state index contributed by atoms with van der Waals surface area (Å²) in [5.74, 6) is 1.66. The zero-order chi connectivity index (χ0) is 15.8. The molecule has 0 spiro atoms. The van der Waals surface area contributed by atoms with Gasteiger partial charge in [0, 0.05) is 6.61 Å². The molecule has 0 saturated carbocycles. The highest BCUT2D eigenvalue weighted by molar-refractivity contribution is 5.52. The molecule has 1 aromatic rings. The third-order valence-electron chi connectivity index (χ3n) is 3.66. The lowest BCUT2D eigenvalue weighted by molar-refractivity contribution is 0.131. The van der Waals surface area contributed by atoms with Gasteiger partial charge in [0.05, 0.1) is 26.0 Å². The number of ether oxygens (including phenoxy) is 2. The first-order chi connectivity index (χ1) is 10.8. The standard InChI is InChI=1S/C15H26N4O3/c1-3-4-6-11(10-20)17-14-12(21-2)9-16-15(19-14)18-13-7-5-8-22-13/h9,11,13,20H,3-8,10H2,1-2H3,(H2,16,17,18,19)/t11-,13?/m1/s1. The van der Waals surface area contributed by atoms with Gasteiger partial charge in [-0.05, 0) is 19.3 Å². The van der Waals surface area contributed by atoms with Crippen LogP contribution in [-0.4, -0.2) is 47.7 Å². The smallest absolute Gasteiger partial charge is 0.226 e. The largest absolute Gasteiger partial charge is 0.491 e. The van der Waals surface area contributed by atoms with Crippen molar-refractivity contribution in [3.8, 4) is 5.75 Å². The molecule has 1 aliphatic heterocycles. The SMILES string of the molecule is CCCC[C@H](CO)Nc1nc(NC2CCCO2)ncc1OC. The van der Waals surface area contributed by atoms with Gasteiger partial charge in [0.1, 0.15) is 6.23 Å². The van der Waals surface area contributed by atoms with Gasteiger partial charge in [0.2, 0.25) is 5.95 Å². The molecule has 0 bridgehead atoms. The lowest BCUT2D eigenvalue weighted by Gasteiger charge is -2.19. The maximum atomic E-state index is 9.49. The highest BCUT2D eigenvalue weighted by Crippen LogP contribution is 2.24.